The minimum atomic E-state index is 0.506. The molecule has 19 heavy (non-hydrogen) atoms. The lowest BCUT2D eigenvalue weighted by atomic mass is 9.94. The summed E-state index contributed by atoms with van der Waals surface area (Å²) >= 11 is 0. The molecule has 0 bridgehead atoms. The van der Waals surface area contributed by atoms with Crippen molar-refractivity contribution < 1.29 is 0 Å². The normalized spacial score (nSPS) is 11.0. The van der Waals surface area contributed by atoms with Gasteiger partial charge in [-0.2, -0.15) is 0 Å². The predicted octanol–water partition coefficient (Wildman–Crippen LogP) is 4.47. The van der Waals surface area contributed by atoms with Crippen LogP contribution in [0.25, 0.3) is 11.1 Å². The average molecular weight is 253 g/mol. The molecule has 100 valence electrons. The standard InChI is InChI=1S/C18H23N/c1-13(2)19-12-16-10-9-14(3)11-18(16)17-8-6-5-7-15(17)4/h5-11,13,19H,12H2,1-4H3. The molecule has 0 aliphatic carbocycles. The molecule has 0 spiro atoms. The van der Waals surface area contributed by atoms with Crippen molar-refractivity contribution in [1.82, 2.24) is 5.32 Å². The molecule has 1 nitrogen and oxygen atoms in total. The maximum Gasteiger partial charge on any atom is 0.0214 e. The summed E-state index contributed by atoms with van der Waals surface area (Å²) in [6, 6.07) is 15.8. The Morgan fingerprint density at radius 2 is 1.68 bits per heavy atom. The first-order valence-corrected chi connectivity index (χ1v) is 6.97. The van der Waals surface area contributed by atoms with Gasteiger partial charge < -0.3 is 5.32 Å². The van der Waals surface area contributed by atoms with Crippen LogP contribution >= 0.6 is 0 Å². The second kappa shape index (κ2) is 6.03. The summed E-state index contributed by atoms with van der Waals surface area (Å²) in [5, 5.41) is 3.51. The van der Waals surface area contributed by atoms with Gasteiger partial charge in [-0.1, -0.05) is 61.9 Å². The smallest absolute Gasteiger partial charge is 0.0214 e. The van der Waals surface area contributed by atoms with E-state index in [4.69, 9.17) is 0 Å². The largest absolute Gasteiger partial charge is 0.310 e. The molecular formula is C18H23N. The molecule has 0 atom stereocenters. The topological polar surface area (TPSA) is 12.0 Å². The molecule has 0 radical (unpaired) electrons. The molecule has 0 amide bonds. The van der Waals surface area contributed by atoms with Gasteiger partial charge in [0.15, 0.2) is 0 Å². The number of nitrogens with one attached hydrogen (secondary N) is 1. The van der Waals surface area contributed by atoms with Gasteiger partial charge in [0.1, 0.15) is 0 Å². The molecule has 0 aromatic heterocycles. The Kier molecular flexibility index (Phi) is 4.39. The van der Waals surface area contributed by atoms with E-state index >= 15 is 0 Å². The Hall–Kier alpha value is -1.60. The average Bonchev–Trinajstić information content (AvgIpc) is 2.37. The zero-order valence-corrected chi connectivity index (χ0v) is 12.3. The molecule has 0 heterocycles. The SMILES string of the molecule is Cc1ccc(CNC(C)C)c(-c2ccccc2C)c1. The van der Waals surface area contributed by atoms with E-state index in [0.29, 0.717) is 6.04 Å². The van der Waals surface area contributed by atoms with Gasteiger partial charge in [-0.15, -0.1) is 0 Å². The third kappa shape index (κ3) is 3.45. The van der Waals surface area contributed by atoms with Crippen molar-refractivity contribution in [2.24, 2.45) is 0 Å². The van der Waals surface area contributed by atoms with E-state index in [0.717, 1.165) is 6.54 Å². The van der Waals surface area contributed by atoms with Crippen LogP contribution in [0.3, 0.4) is 0 Å². The van der Waals surface area contributed by atoms with Crippen molar-refractivity contribution in [3.63, 3.8) is 0 Å². The van der Waals surface area contributed by atoms with Crippen LogP contribution in [0, 0.1) is 13.8 Å². The summed E-state index contributed by atoms with van der Waals surface area (Å²) in [5.41, 5.74) is 6.71. The van der Waals surface area contributed by atoms with Crippen LogP contribution in [0.5, 0.6) is 0 Å². The highest BCUT2D eigenvalue weighted by molar-refractivity contribution is 5.71. The Bertz CT molecular complexity index is 555. The van der Waals surface area contributed by atoms with Crippen molar-refractivity contribution in [3.8, 4) is 11.1 Å². The Morgan fingerprint density at radius 3 is 2.37 bits per heavy atom. The second-order valence-electron chi connectivity index (χ2n) is 5.51. The number of benzene rings is 2. The lowest BCUT2D eigenvalue weighted by molar-refractivity contribution is 0.589. The van der Waals surface area contributed by atoms with E-state index in [-0.39, 0.29) is 0 Å². The zero-order valence-electron chi connectivity index (χ0n) is 12.3. The van der Waals surface area contributed by atoms with Crippen molar-refractivity contribution in [1.29, 1.82) is 0 Å². The first kappa shape index (κ1) is 13.8. The van der Waals surface area contributed by atoms with Crippen molar-refractivity contribution in [3.05, 3.63) is 59.2 Å². The lowest BCUT2D eigenvalue weighted by Gasteiger charge is -2.15. The fraction of sp³-hybridized carbons (Fsp3) is 0.333. The molecule has 2 aromatic rings. The highest BCUT2D eigenvalue weighted by atomic mass is 14.9. The van der Waals surface area contributed by atoms with E-state index in [1.807, 2.05) is 0 Å². The quantitative estimate of drug-likeness (QED) is 0.847. The van der Waals surface area contributed by atoms with Crippen LogP contribution in [-0.4, -0.2) is 6.04 Å². The molecule has 0 fully saturated rings. The van der Waals surface area contributed by atoms with E-state index < -0.39 is 0 Å². The molecule has 0 aliphatic rings. The number of rotatable bonds is 4. The van der Waals surface area contributed by atoms with Gasteiger partial charge >= 0.3 is 0 Å². The van der Waals surface area contributed by atoms with Crippen molar-refractivity contribution in [2.75, 3.05) is 0 Å². The van der Waals surface area contributed by atoms with Gasteiger partial charge in [0.05, 0.1) is 0 Å². The van der Waals surface area contributed by atoms with Gasteiger partial charge in [-0.05, 0) is 36.1 Å². The Morgan fingerprint density at radius 1 is 0.947 bits per heavy atom. The highest BCUT2D eigenvalue weighted by Crippen LogP contribution is 2.27. The van der Waals surface area contributed by atoms with E-state index in [1.54, 1.807) is 0 Å². The summed E-state index contributed by atoms with van der Waals surface area (Å²) in [6.07, 6.45) is 0. The summed E-state index contributed by atoms with van der Waals surface area (Å²) in [6.45, 7) is 9.61. The zero-order chi connectivity index (χ0) is 13.8. The molecule has 0 unspecified atom stereocenters. The van der Waals surface area contributed by atoms with Gasteiger partial charge in [0.2, 0.25) is 0 Å². The number of hydrogen-bond acceptors (Lipinski definition) is 1. The third-order valence-electron chi connectivity index (χ3n) is 3.40. The monoisotopic (exact) mass is 253 g/mol. The summed E-state index contributed by atoms with van der Waals surface area (Å²) < 4.78 is 0. The molecule has 0 saturated heterocycles. The maximum absolute atomic E-state index is 3.51. The van der Waals surface area contributed by atoms with Crippen molar-refractivity contribution in [2.45, 2.75) is 40.3 Å². The van der Waals surface area contributed by atoms with E-state index in [1.165, 1.54) is 27.8 Å². The molecule has 2 rings (SSSR count). The van der Waals surface area contributed by atoms with Crippen LogP contribution in [0.2, 0.25) is 0 Å². The number of aryl methyl sites for hydroxylation is 2. The molecule has 1 N–H and O–H groups in total. The Labute approximate surface area is 116 Å². The summed E-state index contributed by atoms with van der Waals surface area (Å²) in [7, 11) is 0. The molecule has 0 saturated carbocycles. The van der Waals surface area contributed by atoms with Gasteiger partial charge in [-0.25, -0.2) is 0 Å². The third-order valence-corrected chi connectivity index (χ3v) is 3.40. The van der Waals surface area contributed by atoms with Crippen LogP contribution in [-0.2, 0) is 6.54 Å². The van der Waals surface area contributed by atoms with Gasteiger partial charge in [-0.3, -0.25) is 0 Å². The van der Waals surface area contributed by atoms with Crippen molar-refractivity contribution >= 4 is 0 Å². The lowest BCUT2D eigenvalue weighted by Crippen LogP contribution is -2.22. The van der Waals surface area contributed by atoms with E-state index in [2.05, 4.69) is 75.5 Å². The fourth-order valence-electron chi connectivity index (χ4n) is 2.28. The first-order valence-electron chi connectivity index (χ1n) is 6.97. The molecular weight excluding hydrogens is 230 g/mol. The van der Waals surface area contributed by atoms with Gasteiger partial charge in [0.25, 0.3) is 0 Å². The second-order valence-corrected chi connectivity index (χ2v) is 5.51. The van der Waals surface area contributed by atoms with Crippen LogP contribution in [0.4, 0.5) is 0 Å². The predicted molar refractivity (Wildman–Crippen MR) is 83.3 cm³/mol. The molecule has 0 aliphatic heterocycles. The summed E-state index contributed by atoms with van der Waals surface area (Å²) in [4.78, 5) is 0. The Balaban J connectivity index is 2.43. The summed E-state index contributed by atoms with van der Waals surface area (Å²) in [5.74, 6) is 0. The maximum atomic E-state index is 3.51. The van der Waals surface area contributed by atoms with E-state index in [9.17, 15) is 0 Å². The van der Waals surface area contributed by atoms with Crippen LogP contribution in [0.1, 0.15) is 30.5 Å². The van der Waals surface area contributed by atoms with Crippen LogP contribution in [0.15, 0.2) is 42.5 Å². The van der Waals surface area contributed by atoms with Gasteiger partial charge in [0, 0.05) is 12.6 Å². The molecule has 2 aromatic carbocycles. The first-order chi connectivity index (χ1) is 9.08. The minimum absolute atomic E-state index is 0.506. The molecule has 1 heteroatoms. The van der Waals surface area contributed by atoms with Crippen LogP contribution < -0.4 is 5.32 Å². The highest BCUT2D eigenvalue weighted by Gasteiger charge is 2.08. The fourth-order valence-corrected chi connectivity index (χ4v) is 2.28. The minimum Gasteiger partial charge on any atom is -0.310 e. The number of hydrogen-bond donors (Lipinski definition) is 1.